The second-order valence-electron chi connectivity index (χ2n) is 10.0. The number of fused-ring (bicyclic) bond motifs is 1. The summed E-state index contributed by atoms with van der Waals surface area (Å²) in [6, 6.07) is 9.98. The third-order valence-electron chi connectivity index (χ3n) is 7.00. The lowest BCUT2D eigenvalue weighted by molar-refractivity contribution is -0.135. The van der Waals surface area contributed by atoms with Gasteiger partial charge in [-0.2, -0.15) is 0 Å². The zero-order valence-electron chi connectivity index (χ0n) is 20.0. The van der Waals surface area contributed by atoms with Gasteiger partial charge in [-0.15, -0.1) is 11.3 Å². The number of benzene rings is 1. The van der Waals surface area contributed by atoms with Crippen LogP contribution in [-0.4, -0.2) is 76.4 Å². The Balaban J connectivity index is 1.18. The van der Waals surface area contributed by atoms with E-state index in [0.29, 0.717) is 36.1 Å². The Hall–Kier alpha value is -2.55. The molecule has 2 atom stereocenters. The zero-order chi connectivity index (χ0) is 23.7. The van der Waals surface area contributed by atoms with Crippen LogP contribution in [0.3, 0.4) is 0 Å². The van der Waals surface area contributed by atoms with Gasteiger partial charge in [-0.1, -0.05) is 44.2 Å². The maximum Gasteiger partial charge on any atom is 0.260 e. The molecule has 0 bridgehead atoms. The van der Waals surface area contributed by atoms with E-state index in [-0.39, 0.29) is 11.5 Å². The van der Waals surface area contributed by atoms with E-state index in [0.717, 1.165) is 55.2 Å². The number of H-pyrrole nitrogens is 1. The molecule has 0 unspecified atom stereocenters. The number of hydrogen-bond acceptors (Lipinski definition) is 6. The van der Waals surface area contributed by atoms with E-state index in [1.165, 1.54) is 17.8 Å². The van der Waals surface area contributed by atoms with E-state index in [1.807, 2.05) is 35.7 Å². The Bertz CT molecular complexity index is 1190. The summed E-state index contributed by atoms with van der Waals surface area (Å²) in [6.45, 7) is 10.8. The predicted octanol–water partition coefficient (Wildman–Crippen LogP) is 3.27. The number of thiophene rings is 1. The Kier molecular flexibility index (Phi) is 6.81. The average molecular weight is 480 g/mol. The summed E-state index contributed by atoms with van der Waals surface area (Å²) in [7, 11) is 0. The minimum Gasteiger partial charge on any atom is -0.341 e. The molecule has 5 rings (SSSR count). The Morgan fingerprint density at radius 2 is 1.74 bits per heavy atom. The number of aromatic nitrogens is 2. The summed E-state index contributed by atoms with van der Waals surface area (Å²) in [5.41, 5.74) is 1.90. The third-order valence-corrected chi connectivity index (χ3v) is 7.87. The highest BCUT2D eigenvalue weighted by Crippen LogP contribution is 2.30. The first-order valence-electron chi connectivity index (χ1n) is 12.2. The van der Waals surface area contributed by atoms with Gasteiger partial charge in [0.15, 0.2) is 0 Å². The van der Waals surface area contributed by atoms with Crippen molar-refractivity contribution < 1.29 is 4.79 Å². The van der Waals surface area contributed by atoms with Crippen LogP contribution in [0, 0.1) is 11.8 Å². The van der Waals surface area contributed by atoms with E-state index in [4.69, 9.17) is 4.98 Å². The molecule has 2 aliphatic heterocycles. The van der Waals surface area contributed by atoms with Crippen LogP contribution in [0.1, 0.15) is 26.1 Å². The van der Waals surface area contributed by atoms with Gasteiger partial charge in [0.2, 0.25) is 5.91 Å². The molecular weight excluding hydrogens is 446 g/mol. The van der Waals surface area contributed by atoms with Crippen molar-refractivity contribution in [3.8, 4) is 11.1 Å². The van der Waals surface area contributed by atoms with Crippen molar-refractivity contribution in [1.82, 2.24) is 24.7 Å². The van der Waals surface area contributed by atoms with Crippen molar-refractivity contribution in [2.75, 3.05) is 45.8 Å². The van der Waals surface area contributed by atoms with Gasteiger partial charge in [0.1, 0.15) is 10.7 Å². The summed E-state index contributed by atoms with van der Waals surface area (Å²) in [5, 5.41) is 2.69. The summed E-state index contributed by atoms with van der Waals surface area (Å²) >= 11 is 1.52. The molecule has 1 aromatic carbocycles. The number of aromatic amines is 1. The molecule has 2 aromatic heterocycles. The van der Waals surface area contributed by atoms with Crippen LogP contribution >= 0.6 is 11.3 Å². The molecule has 3 aromatic rings. The lowest BCUT2D eigenvalue weighted by Gasteiger charge is -2.38. The molecule has 1 amide bonds. The molecule has 2 fully saturated rings. The molecular formula is C26H33N5O2S. The average Bonchev–Trinajstić information content (AvgIpc) is 3.25. The van der Waals surface area contributed by atoms with Crippen molar-refractivity contribution >= 4 is 27.5 Å². The summed E-state index contributed by atoms with van der Waals surface area (Å²) in [4.78, 5) is 40.9. The number of likely N-dealkylation sites (tertiary alicyclic amines) is 1. The van der Waals surface area contributed by atoms with Gasteiger partial charge in [0, 0.05) is 50.2 Å². The van der Waals surface area contributed by atoms with E-state index in [2.05, 4.69) is 33.5 Å². The molecule has 34 heavy (non-hydrogen) atoms. The number of piperidine rings is 1. The zero-order valence-corrected chi connectivity index (χ0v) is 20.8. The number of hydrogen-bond donors (Lipinski definition) is 1. The Labute approximate surface area is 204 Å². The van der Waals surface area contributed by atoms with Crippen molar-refractivity contribution in [2.45, 2.75) is 26.8 Å². The molecule has 0 aliphatic carbocycles. The van der Waals surface area contributed by atoms with Crippen LogP contribution in [0.15, 0.2) is 40.5 Å². The van der Waals surface area contributed by atoms with Gasteiger partial charge >= 0.3 is 0 Å². The minimum absolute atomic E-state index is 0.0747. The fourth-order valence-electron chi connectivity index (χ4n) is 5.37. The van der Waals surface area contributed by atoms with E-state index >= 15 is 0 Å². The predicted molar refractivity (Wildman–Crippen MR) is 137 cm³/mol. The lowest BCUT2D eigenvalue weighted by atomic mass is 9.92. The summed E-state index contributed by atoms with van der Waals surface area (Å²) in [6.07, 6.45) is 1.21. The number of nitrogens with one attached hydrogen (secondary N) is 1. The van der Waals surface area contributed by atoms with Gasteiger partial charge in [0.05, 0.1) is 18.5 Å². The lowest BCUT2D eigenvalue weighted by Crippen LogP contribution is -2.51. The van der Waals surface area contributed by atoms with Crippen LogP contribution in [0.4, 0.5) is 0 Å². The highest BCUT2D eigenvalue weighted by atomic mass is 32.1. The molecule has 8 heteroatoms. The Morgan fingerprint density at radius 1 is 1.06 bits per heavy atom. The summed E-state index contributed by atoms with van der Waals surface area (Å²) in [5.74, 6) is 2.14. The molecule has 0 radical (unpaired) electrons. The van der Waals surface area contributed by atoms with Gasteiger partial charge in [-0.25, -0.2) is 4.98 Å². The van der Waals surface area contributed by atoms with E-state index < -0.39 is 0 Å². The van der Waals surface area contributed by atoms with Crippen molar-refractivity contribution in [3.63, 3.8) is 0 Å². The fraction of sp³-hybridized carbons (Fsp3) is 0.500. The molecule has 1 N–H and O–H groups in total. The first-order valence-corrected chi connectivity index (χ1v) is 13.1. The molecule has 2 aliphatic rings. The first kappa shape index (κ1) is 23.2. The van der Waals surface area contributed by atoms with E-state index in [1.54, 1.807) is 0 Å². The van der Waals surface area contributed by atoms with Gasteiger partial charge in [-0.05, 0) is 23.8 Å². The number of piperazine rings is 1. The second kappa shape index (κ2) is 9.98. The number of rotatable bonds is 5. The number of amides is 1. The van der Waals surface area contributed by atoms with Crippen LogP contribution in [0.25, 0.3) is 21.3 Å². The highest BCUT2D eigenvalue weighted by Gasteiger charge is 2.27. The maximum absolute atomic E-state index is 12.9. The largest absolute Gasteiger partial charge is 0.341 e. The third kappa shape index (κ3) is 5.09. The molecule has 2 saturated heterocycles. The molecule has 0 spiro atoms. The molecule has 4 heterocycles. The maximum atomic E-state index is 12.9. The quantitative estimate of drug-likeness (QED) is 0.608. The van der Waals surface area contributed by atoms with Crippen LogP contribution in [0.2, 0.25) is 0 Å². The number of carbonyl (C=O) groups excluding carboxylic acids is 1. The normalized spacial score (nSPS) is 22.4. The van der Waals surface area contributed by atoms with Crippen molar-refractivity contribution in [1.29, 1.82) is 0 Å². The van der Waals surface area contributed by atoms with Crippen molar-refractivity contribution in [3.05, 3.63) is 51.9 Å². The monoisotopic (exact) mass is 479 g/mol. The van der Waals surface area contributed by atoms with Crippen LogP contribution in [-0.2, 0) is 11.3 Å². The fourth-order valence-corrected chi connectivity index (χ4v) is 6.34. The standard InChI is InChI=1S/C26H33N5O2S/c1-18-12-19(2)14-31(13-18)23(32)16-30-10-8-29(9-11-30)15-22-27-25(33)24-21(17-34-26(24)28-22)20-6-4-3-5-7-20/h3-7,17-19H,8-16H2,1-2H3,(H,27,28,33)/t18-,19-/m0/s1. The summed E-state index contributed by atoms with van der Waals surface area (Å²) < 4.78 is 0. The second-order valence-corrected chi connectivity index (χ2v) is 10.9. The number of carbonyl (C=O) groups is 1. The van der Waals surface area contributed by atoms with E-state index in [9.17, 15) is 9.59 Å². The first-order chi connectivity index (χ1) is 16.5. The SMILES string of the molecule is C[C@H]1C[C@H](C)CN(C(=O)CN2CCN(Cc3nc4scc(-c5ccccc5)c4c(=O)[nH]3)CC2)C1. The Morgan fingerprint density at radius 3 is 2.44 bits per heavy atom. The van der Waals surface area contributed by atoms with Crippen LogP contribution < -0.4 is 5.56 Å². The minimum atomic E-state index is -0.0747. The highest BCUT2D eigenvalue weighted by molar-refractivity contribution is 7.17. The molecule has 180 valence electrons. The van der Waals surface area contributed by atoms with Crippen LogP contribution in [0.5, 0.6) is 0 Å². The molecule has 0 saturated carbocycles. The van der Waals surface area contributed by atoms with Gasteiger partial charge in [0.25, 0.3) is 5.56 Å². The molecule has 7 nitrogen and oxygen atoms in total. The smallest absolute Gasteiger partial charge is 0.260 e. The number of nitrogens with zero attached hydrogens (tertiary/aromatic N) is 4. The van der Waals surface area contributed by atoms with Gasteiger partial charge in [-0.3, -0.25) is 19.4 Å². The van der Waals surface area contributed by atoms with Gasteiger partial charge < -0.3 is 9.88 Å². The topological polar surface area (TPSA) is 72.5 Å². The van der Waals surface area contributed by atoms with Crippen molar-refractivity contribution in [2.24, 2.45) is 11.8 Å².